The van der Waals surface area contributed by atoms with E-state index in [0.717, 1.165) is 18.2 Å². The normalized spacial score (nSPS) is 21.2. The molecule has 2 aromatic carbocycles. The zero-order valence-corrected chi connectivity index (χ0v) is 25.7. The van der Waals surface area contributed by atoms with Crippen LogP contribution in [-0.2, 0) is 9.53 Å². The van der Waals surface area contributed by atoms with Crippen molar-refractivity contribution in [1.82, 2.24) is 20.1 Å². The summed E-state index contributed by atoms with van der Waals surface area (Å²) in [7, 11) is 1.25. The van der Waals surface area contributed by atoms with Gasteiger partial charge in [-0.2, -0.15) is 13.2 Å². The lowest BCUT2D eigenvalue weighted by Gasteiger charge is -2.38. The Balaban J connectivity index is 1.25. The molecule has 0 aliphatic carbocycles. The number of thiazole rings is 1. The number of aliphatic hydroxyl groups is 1. The quantitative estimate of drug-likeness (QED) is 0.276. The smallest absolute Gasteiger partial charge is 0.418 e. The SMILES string of the molecule is COC(=O)C1=C(CN2CCN3C(=O)N(c4ccc(C(O)C(F)(F)F)cc4)C[C@@H]3C2)NC(c2nccs2)=N[C@H]1c1ccc(F)cc1Cl. The van der Waals surface area contributed by atoms with Crippen molar-refractivity contribution < 1.29 is 37.0 Å². The molecule has 16 heteroatoms. The highest BCUT2D eigenvalue weighted by molar-refractivity contribution is 7.11. The van der Waals surface area contributed by atoms with E-state index in [1.165, 1.54) is 47.6 Å². The summed E-state index contributed by atoms with van der Waals surface area (Å²) >= 11 is 7.78. The maximum Gasteiger partial charge on any atom is 0.418 e. The van der Waals surface area contributed by atoms with Crippen molar-refractivity contribution >= 4 is 46.5 Å². The van der Waals surface area contributed by atoms with Crippen molar-refractivity contribution in [2.45, 2.75) is 24.4 Å². The standard InChI is InChI=1S/C30H27ClF4N6O4S/c1-45-28(43)23-22(37-26(27-36-8-11-46-27)38-24(23)20-7-4-17(32)12-21(20)31)15-39-9-10-40-19(13-39)14-41(29(40)44)18-5-2-16(3-6-18)25(42)30(33,34)35/h2-8,11-12,19,24-25,42H,9-10,13-15H2,1H3,(H,37,38)/t19-,24-,25?/m0/s1. The van der Waals surface area contributed by atoms with E-state index in [-0.39, 0.29) is 41.3 Å². The van der Waals surface area contributed by atoms with Crippen molar-refractivity contribution in [2.75, 3.05) is 44.7 Å². The topological polar surface area (TPSA) is 111 Å². The van der Waals surface area contributed by atoms with Gasteiger partial charge >= 0.3 is 18.2 Å². The number of aromatic nitrogens is 1. The minimum absolute atomic E-state index is 0.0917. The maximum absolute atomic E-state index is 14.0. The molecule has 3 aliphatic heterocycles. The van der Waals surface area contributed by atoms with E-state index in [9.17, 15) is 32.3 Å². The highest BCUT2D eigenvalue weighted by atomic mass is 35.5. The van der Waals surface area contributed by atoms with Gasteiger partial charge in [-0.05, 0) is 29.8 Å². The monoisotopic (exact) mass is 678 g/mol. The fourth-order valence-electron chi connectivity index (χ4n) is 5.85. The van der Waals surface area contributed by atoms with E-state index in [1.807, 2.05) is 0 Å². The summed E-state index contributed by atoms with van der Waals surface area (Å²) in [5.74, 6) is -0.777. The highest BCUT2D eigenvalue weighted by Gasteiger charge is 2.43. The summed E-state index contributed by atoms with van der Waals surface area (Å²) in [6.07, 6.45) is -5.80. The Morgan fingerprint density at radius 2 is 1.96 bits per heavy atom. The third kappa shape index (κ3) is 6.19. The molecule has 2 amide bonds. The number of hydrogen-bond acceptors (Lipinski definition) is 9. The van der Waals surface area contributed by atoms with Crippen LogP contribution in [-0.4, -0.2) is 89.8 Å². The molecule has 10 nitrogen and oxygen atoms in total. The van der Waals surface area contributed by atoms with Gasteiger partial charge in [0.2, 0.25) is 0 Å². The van der Waals surface area contributed by atoms with Crippen LogP contribution in [0.4, 0.5) is 28.0 Å². The zero-order chi connectivity index (χ0) is 32.7. The van der Waals surface area contributed by atoms with Crippen LogP contribution in [0, 0.1) is 5.82 Å². The molecule has 2 saturated heterocycles. The Morgan fingerprint density at radius 1 is 1.20 bits per heavy atom. The Morgan fingerprint density at radius 3 is 2.61 bits per heavy atom. The van der Waals surface area contributed by atoms with E-state index in [4.69, 9.17) is 21.3 Å². The Hall–Kier alpha value is -4.05. The summed E-state index contributed by atoms with van der Waals surface area (Å²) < 4.78 is 57.9. The molecular formula is C30H27ClF4N6O4S. The Kier molecular flexibility index (Phi) is 8.76. The van der Waals surface area contributed by atoms with Crippen LogP contribution < -0.4 is 10.2 Å². The minimum atomic E-state index is -4.80. The van der Waals surface area contributed by atoms with Crippen molar-refractivity contribution in [3.63, 3.8) is 0 Å². The van der Waals surface area contributed by atoms with E-state index in [2.05, 4.69) is 15.2 Å². The van der Waals surface area contributed by atoms with Gasteiger partial charge < -0.3 is 20.1 Å². The Labute approximate surface area is 269 Å². The fourth-order valence-corrected chi connectivity index (χ4v) is 6.71. The number of carbonyl (C=O) groups is 2. The van der Waals surface area contributed by atoms with Gasteiger partial charge in [0.25, 0.3) is 0 Å². The number of amidine groups is 1. The van der Waals surface area contributed by atoms with Gasteiger partial charge in [-0.25, -0.2) is 19.0 Å². The number of rotatable bonds is 7. The van der Waals surface area contributed by atoms with Crippen LogP contribution in [0.1, 0.15) is 28.3 Å². The average molecular weight is 679 g/mol. The molecule has 2 N–H and O–H groups in total. The van der Waals surface area contributed by atoms with Gasteiger partial charge in [0.05, 0.1) is 18.7 Å². The lowest BCUT2D eigenvalue weighted by molar-refractivity contribution is -0.206. The molecule has 3 aromatic rings. The number of carbonyl (C=O) groups excluding carboxylic acids is 2. The number of esters is 1. The van der Waals surface area contributed by atoms with Crippen LogP contribution in [0.15, 0.2) is 70.3 Å². The first-order valence-electron chi connectivity index (χ1n) is 14.1. The number of alkyl halides is 3. The van der Waals surface area contributed by atoms with Gasteiger partial charge in [-0.1, -0.05) is 29.8 Å². The third-order valence-corrected chi connectivity index (χ3v) is 9.18. The van der Waals surface area contributed by atoms with E-state index >= 15 is 0 Å². The van der Waals surface area contributed by atoms with Crippen molar-refractivity contribution in [1.29, 1.82) is 0 Å². The molecule has 1 unspecified atom stereocenters. The summed E-state index contributed by atoms with van der Waals surface area (Å²) in [6, 6.07) is 7.52. The first-order valence-corrected chi connectivity index (χ1v) is 15.4. The largest absolute Gasteiger partial charge is 0.466 e. The zero-order valence-electron chi connectivity index (χ0n) is 24.2. The number of nitrogens with zero attached hydrogens (tertiary/aromatic N) is 5. The lowest BCUT2D eigenvalue weighted by atomic mass is 9.95. The number of methoxy groups -OCH3 is 1. The molecule has 3 aliphatic rings. The maximum atomic E-state index is 14.0. The number of benzene rings is 2. The molecule has 46 heavy (non-hydrogen) atoms. The summed E-state index contributed by atoms with van der Waals surface area (Å²) in [6.45, 7) is 1.78. The molecule has 242 valence electrons. The van der Waals surface area contributed by atoms with Crippen LogP contribution >= 0.6 is 22.9 Å². The predicted octanol–water partition coefficient (Wildman–Crippen LogP) is 4.68. The van der Waals surface area contributed by atoms with Crippen LogP contribution in [0.3, 0.4) is 0 Å². The number of aliphatic imine (C=N–C) groups is 1. The summed E-state index contributed by atoms with van der Waals surface area (Å²) in [4.78, 5) is 40.9. The second-order valence-electron chi connectivity index (χ2n) is 10.9. The predicted molar refractivity (Wildman–Crippen MR) is 162 cm³/mol. The van der Waals surface area contributed by atoms with Gasteiger partial charge in [0, 0.05) is 66.3 Å². The number of ether oxygens (including phenoxy) is 1. The number of anilines is 1. The van der Waals surface area contributed by atoms with Crippen molar-refractivity contribution in [3.8, 4) is 0 Å². The number of amides is 2. The number of aliphatic hydroxyl groups excluding tert-OH is 1. The van der Waals surface area contributed by atoms with Gasteiger partial charge in [-0.15, -0.1) is 11.3 Å². The van der Waals surface area contributed by atoms with Crippen molar-refractivity contribution in [2.24, 2.45) is 4.99 Å². The highest BCUT2D eigenvalue weighted by Crippen LogP contribution is 2.38. The molecule has 2 fully saturated rings. The lowest BCUT2D eigenvalue weighted by Crippen LogP contribution is -2.53. The van der Waals surface area contributed by atoms with E-state index in [1.54, 1.807) is 16.5 Å². The van der Waals surface area contributed by atoms with Crippen LogP contribution in [0.25, 0.3) is 0 Å². The molecule has 0 spiro atoms. The summed E-state index contributed by atoms with van der Waals surface area (Å²) in [5, 5.41) is 15.3. The van der Waals surface area contributed by atoms with Crippen LogP contribution in [0.2, 0.25) is 5.02 Å². The molecule has 0 radical (unpaired) electrons. The minimum Gasteiger partial charge on any atom is -0.466 e. The first-order chi connectivity index (χ1) is 21.9. The molecular weight excluding hydrogens is 652 g/mol. The number of urea groups is 1. The molecule has 4 heterocycles. The van der Waals surface area contributed by atoms with Gasteiger partial charge in [0.1, 0.15) is 11.9 Å². The third-order valence-electron chi connectivity index (χ3n) is 8.07. The number of piperazine rings is 1. The van der Waals surface area contributed by atoms with E-state index < -0.39 is 30.1 Å². The molecule has 1 aromatic heterocycles. The molecule has 6 rings (SSSR count). The molecule has 3 atom stereocenters. The second-order valence-corrected chi connectivity index (χ2v) is 12.2. The molecule has 0 bridgehead atoms. The van der Waals surface area contributed by atoms with Crippen LogP contribution in [0.5, 0.6) is 0 Å². The number of fused-ring (bicyclic) bond motifs is 1. The fraction of sp³-hybridized carbons (Fsp3) is 0.333. The second kappa shape index (κ2) is 12.6. The molecule has 0 saturated carbocycles. The van der Waals surface area contributed by atoms with Crippen molar-refractivity contribution in [3.05, 3.63) is 92.3 Å². The first kappa shape index (κ1) is 31.9. The number of halogens is 5. The van der Waals surface area contributed by atoms with Gasteiger partial charge in [-0.3, -0.25) is 14.8 Å². The van der Waals surface area contributed by atoms with E-state index in [0.29, 0.717) is 47.4 Å². The summed E-state index contributed by atoms with van der Waals surface area (Å²) in [5.41, 5.74) is 1.20. The van der Waals surface area contributed by atoms with Gasteiger partial charge in [0.15, 0.2) is 16.9 Å². The average Bonchev–Trinajstić information content (AvgIpc) is 3.68. The number of hydrogen-bond donors (Lipinski definition) is 2. The Bertz CT molecular complexity index is 1700. The number of nitrogens with one attached hydrogen (secondary N) is 1.